The lowest BCUT2D eigenvalue weighted by molar-refractivity contribution is -0.0971. The van der Waals surface area contributed by atoms with Crippen LogP contribution in [-0.2, 0) is 14.9 Å². The smallest absolute Gasteiger partial charge is 0.381 e. The number of hydrogen-bond acceptors (Lipinski definition) is 6. The summed E-state index contributed by atoms with van der Waals surface area (Å²) < 4.78 is 72.4. The van der Waals surface area contributed by atoms with Gasteiger partial charge < -0.3 is 14.2 Å². The zero-order valence-electron chi connectivity index (χ0n) is 18.2. The molecule has 0 saturated heterocycles. The van der Waals surface area contributed by atoms with E-state index in [2.05, 4.69) is 21.4 Å². The summed E-state index contributed by atoms with van der Waals surface area (Å²) in [5.74, 6) is 0.957. The Morgan fingerprint density at radius 2 is 1.81 bits per heavy atom. The molecule has 0 aromatic carbocycles. The molecule has 5 rings (SSSR count). The molecule has 1 aromatic heterocycles. The minimum Gasteiger partial charge on any atom is -0.381 e. The molecule has 1 aromatic rings. The first-order valence-electron chi connectivity index (χ1n) is 11.4. The van der Waals surface area contributed by atoms with Gasteiger partial charge in [0.05, 0.1) is 17.5 Å². The van der Waals surface area contributed by atoms with Crippen molar-refractivity contribution in [1.29, 1.82) is 0 Å². The van der Waals surface area contributed by atoms with Crippen LogP contribution in [0.3, 0.4) is 0 Å². The highest BCUT2D eigenvalue weighted by atomic mass is 32.2. The number of aromatic nitrogens is 1. The Morgan fingerprint density at radius 1 is 1.09 bits per heavy atom. The Bertz CT molecular complexity index is 1010. The van der Waals surface area contributed by atoms with Crippen LogP contribution in [0.2, 0.25) is 0 Å². The van der Waals surface area contributed by atoms with Crippen LogP contribution < -0.4 is 9.50 Å². The van der Waals surface area contributed by atoms with E-state index in [0.29, 0.717) is 17.4 Å². The number of anilines is 1. The van der Waals surface area contributed by atoms with Gasteiger partial charge in [-0.15, -0.1) is 0 Å². The lowest BCUT2D eigenvalue weighted by Gasteiger charge is -2.50. The fraction of sp³-hybridized carbons (Fsp3) is 0.773. The number of fused-ring (bicyclic) bond motifs is 7. The molecule has 10 heteroatoms. The summed E-state index contributed by atoms with van der Waals surface area (Å²) in [5, 5.41) is 3.62. The largest absolute Gasteiger partial charge is 0.534 e. The van der Waals surface area contributed by atoms with Crippen molar-refractivity contribution < 1.29 is 30.5 Å². The van der Waals surface area contributed by atoms with E-state index in [1.807, 2.05) is 0 Å². The first-order valence-corrected chi connectivity index (χ1v) is 12.8. The number of ether oxygens (including phenoxy) is 1. The first-order chi connectivity index (χ1) is 15.0. The highest BCUT2D eigenvalue weighted by Gasteiger charge is 2.51. The van der Waals surface area contributed by atoms with Gasteiger partial charge in [-0.25, -0.2) is 4.98 Å². The van der Waals surface area contributed by atoms with E-state index in [1.54, 1.807) is 7.11 Å². The van der Waals surface area contributed by atoms with E-state index in [4.69, 9.17) is 4.74 Å². The van der Waals surface area contributed by atoms with E-state index in [0.717, 1.165) is 56.2 Å². The van der Waals surface area contributed by atoms with Crippen LogP contribution in [0.4, 0.5) is 18.9 Å². The number of alkyl halides is 3. The van der Waals surface area contributed by atoms with Gasteiger partial charge in [0.25, 0.3) is 0 Å². The average Bonchev–Trinajstić information content (AvgIpc) is 3.30. The molecule has 5 unspecified atom stereocenters. The van der Waals surface area contributed by atoms with Crippen LogP contribution in [0, 0.1) is 11.8 Å². The van der Waals surface area contributed by atoms with Gasteiger partial charge in [-0.05, 0) is 80.6 Å². The van der Waals surface area contributed by atoms with Crippen molar-refractivity contribution in [3.05, 3.63) is 17.3 Å². The molecular weight excluding hydrogens is 445 g/mol. The molecule has 1 N–H and O–H groups in total. The van der Waals surface area contributed by atoms with Crippen LogP contribution >= 0.6 is 0 Å². The molecule has 32 heavy (non-hydrogen) atoms. The second-order valence-corrected chi connectivity index (χ2v) is 11.8. The number of nitrogens with one attached hydrogen (secondary N) is 1. The summed E-state index contributed by atoms with van der Waals surface area (Å²) in [6, 6.07) is 0.178. The molecule has 4 aliphatic carbocycles. The maximum atomic E-state index is 12.9. The Balaban J connectivity index is 1.44. The molecular formula is C22H29F3N2O4S. The van der Waals surface area contributed by atoms with Crippen molar-refractivity contribution in [1.82, 2.24) is 4.98 Å². The molecule has 4 aliphatic rings. The van der Waals surface area contributed by atoms with Crippen molar-refractivity contribution >= 4 is 15.8 Å². The SMILES string of the molecule is COC12CC(C)CC(C[C@H](Nc3cnc(OS(=O)(=O)C(F)(F)F)c4c3C3CCC4C3)C1)C2. The van der Waals surface area contributed by atoms with E-state index in [-0.39, 0.29) is 23.5 Å². The Morgan fingerprint density at radius 3 is 2.50 bits per heavy atom. The lowest BCUT2D eigenvalue weighted by Crippen LogP contribution is -2.49. The van der Waals surface area contributed by atoms with Crippen LogP contribution in [0.25, 0.3) is 0 Å². The first kappa shape index (κ1) is 22.3. The van der Waals surface area contributed by atoms with Gasteiger partial charge in [0.15, 0.2) is 0 Å². The molecule has 3 fully saturated rings. The second-order valence-electron chi connectivity index (χ2n) is 10.3. The Kier molecular flexibility index (Phi) is 5.20. The van der Waals surface area contributed by atoms with E-state index < -0.39 is 21.5 Å². The third-order valence-electron chi connectivity index (χ3n) is 7.99. The standard InChI is InChI=1S/C22H29F3N2O4S/c1-12-5-13-6-16(10-21(8-12,9-13)30-2)27-17-11-26-20(31-32(28,29)22(23,24)25)19-15-4-3-14(7-15)18(17)19/h11-16,27H,3-10H2,1-2H3/t12?,13?,14?,15?,16-,21?/m0/s1. The molecule has 3 saturated carbocycles. The zero-order chi connectivity index (χ0) is 22.9. The van der Waals surface area contributed by atoms with Gasteiger partial charge in [-0.1, -0.05) is 6.92 Å². The summed E-state index contributed by atoms with van der Waals surface area (Å²) >= 11 is 0. The number of halogens is 3. The summed E-state index contributed by atoms with van der Waals surface area (Å²) in [5.41, 5.74) is -3.41. The highest BCUT2D eigenvalue weighted by Crippen LogP contribution is 2.58. The van der Waals surface area contributed by atoms with Crippen molar-refractivity contribution in [2.24, 2.45) is 11.8 Å². The summed E-state index contributed by atoms with van der Waals surface area (Å²) in [7, 11) is -3.98. The molecule has 0 radical (unpaired) electrons. The predicted octanol–water partition coefficient (Wildman–Crippen LogP) is 5.07. The minimum atomic E-state index is -5.76. The number of hydrogen-bond donors (Lipinski definition) is 1. The van der Waals surface area contributed by atoms with Crippen molar-refractivity contribution in [3.8, 4) is 5.88 Å². The maximum Gasteiger partial charge on any atom is 0.534 e. The molecule has 178 valence electrons. The normalized spacial score (nSPS) is 36.1. The second kappa shape index (κ2) is 7.48. The number of pyridine rings is 1. The van der Waals surface area contributed by atoms with Crippen LogP contribution in [0.15, 0.2) is 6.20 Å². The number of nitrogens with zero attached hydrogens (tertiary/aromatic N) is 1. The van der Waals surface area contributed by atoms with E-state index in [1.165, 1.54) is 12.6 Å². The summed E-state index contributed by atoms with van der Waals surface area (Å²) in [4.78, 5) is 4.06. The molecule has 4 bridgehead atoms. The maximum absolute atomic E-state index is 12.9. The van der Waals surface area contributed by atoms with Gasteiger partial charge in [-0.3, -0.25) is 0 Å². The highest BCUT2D eigenvalue weighted by molar-refractivity contribution is 7.87. The third kappa shape index (κ3) is 3.67. The fourth-order valence-electron chi connectivity index (χ4n) is 7.04. The quantitative estimate of drug-likeness (QED) is 0.474. The minimum absolute atomic E-state index is 0.0143. The molecule has 0 aliphatic heterocycles. The molecule has 6 nitrogen and oxygen atoms in total. The zero-order valence-corrected chi connectivity index (χ0v) is 19.1. The van der Waals surface area contributed by atoms with Gasteiger partial charge in [0.1, 0.15) is 0 Å². The van der Waals surface area contributed by atoms with E-state index >= 15 is 0 Å². The van der Waals surface area contributed by atoms with Gasteiger partial charge >= 0.3 is 15.6 Å². The predicted molar refractivity (Wildman–Crippen MR) is 112 cm³/mol. The van der Waals surface area contributed by atoms with Gasteiger partial charge in [0.2, 0.25) is 5.88 Å². The van der Waals surface area contributed by atoms with Gasteiger partial charge in [0, 0.05) is 18.7 Å². The van der Waals surface area contributed by atoms with Crippen molar-refractivity contribution in [2.45, 2.75) is 87.3 Å². The Hall–Kier alpha value is -1.55. The topological polar surface area (TPSA) is 77.5 Å². The average molecular weight is 475 g/mol. The van der Waals surface area contributed by atoms with Crippen LogP contribution in [0.5, 0.6) is 5.88 Å². The van der Waals surface area contributed by atoms with Crippen molar-refractivity contribution in [3.63, 3.8) is 0 Å². The van der Waals surface area contributed by atoms with Crippen LogP contribution in [0.1, 0.15) is 81.3 Å². The molecule has 6 atom stereocenters. The number of methoxy groups -OCH3 is 1. The molecule has 1 heterocycles. The lowest BCUT2D eigenvalue weighted by atomic mass is 9.64. The fourth-order valence-corrected chi connectivity index (χ4v) is 7.47. The van der Waals surface area contributed by atoms with Crippen molar-refractivity contribution in [2.75, 3.05) is 12.4 Å². The third-order valence-corrected chi connectivity index (χ3v) is 8.93. The van der Waals surface area contributed by atoms with E-state index in [9.17, 15) is 21.6 Å². The summed E-state index contributed by atoms with van der Waals surface area (Å²) in [6.45, 7) is 2.27. The Labute approximate surface area is 186 Å². The monoisotopic (exact) mass is 474 g/mol. The number of rotatable bonds is 5. The molecule has 0 spiro atoms. The van der Waals surface area contributed by atoms with Gasteiger partial charge in [-0.2, -0.15) is 21.6 Å². The van der Waals surface area contributed by atoms with Crippen LogP contribution in [-0.4, -0.2) is 37.7 Å². The summed E-state index contributed by atoms with van der Waals surface area (Å²) in [6.07, 6.45) is 9.14. The molecule has 0 amide bonds.